The molecule has 0 fully saturated rings. The first kappa shape index (κ1) is 22.2. The summed E-state index contributed by atoms with van der Waals surface area (Å²) in [6.07, 6.45) is 0.859. The second-order valence-electron chi connectivity index (χ2n) is 5.56. The van der Waals surface area contributed by atoms with Crippen LogP contribution in [0.25, 0.3) is 0 Å². The molecular weight excluding hydrogens is 463 g/mol. The number of nitrogens with one attached hydrogen (secondary N) is 2. The van der Waals surface area contributed by atoms with Gasteiger partial charge in [0.05, 0.1) is 6.54 Å². The summed E-state index contributed by atoms with van der Waals surface area (Å²) in [7, 11) is 0. The average molecular weight is 487 g/mol. The summed E-state index contributed by atoms with van der Waals surface area (Å²) in [4.78, 5) is 15.6. The number of rotatable bonds is 7. The molecule has 2 rings (SSSR count). The van der Waals surface area contributed by atoms with E-state index in [2.05, 4.69) is 21.7 Å². The number of nitrogens with two attached hydrogens (primary N) is 1. The lowest BCUT2D eigenvalue weighted by molar-refractivity contribution is 0.100. The summed E-state index contributed by atoms with van der Waals surface area (Å²) in [5.74, 6) is 0.328. The largest absolute Gasteiger partial charge is 0.366 e. The van der Waals surface area contributed by atoms with Crippen LogP contribution in [0.2, 0.25) is 5.02 Å². The number of hydrogen-bond donors (Lipinski definition) is 3. The fourth-order valence-electron chi connectivity index (χ4n) is 2.30. The van der Waals surface area contributed by atoms with Crippen LogP contribution in [0.3, 0.4) is 0 Å². The normalized spacial score (nSPS) is 10.8. The highest BCUT2D eigenvalue weighted by Crippen LogP contribution is 2.10. The van der Waals surface area contributed by atoms with Crippen LogP contribution >= 0.6 is 35.6 Å². The number of guanidine groups is 1. The smallest absolute Gasteiger partial charge is 0.248 e. The van der Waals surface area contributed by atoms with E-state index in [1.165, 1.54) is 5.56 Å². The summed E-state index contributed by atoms with van der Waals surface area (Å²) in [6, 6.07) is 15.0. The lowest BCUT2D eigenvalue weighted by Crippen LogP contribution is -2.38. The monoisotopic (exact) mass is 486 g/mol. The quantitative estimate of drug-likeness (QED) is 0.319. The molecule has 0 atom stereocenters. The summed E-state index contributed by atoms with van der Waals surface area (Å²) >= 11 is 6.00. The van der Waals surface area contributed by atoms with Crippen LogP contribution in [0, 0.1) is 0 Å². The first-order valence-corrected chi connectivity index (χ1v) is 8.61. The van der Waals surface area contributed by atoms with Crippen LogP contribution in [0.5, 0.6) is 0 Å². The maximum Gasteiger partial charge on any atom is 0.248 e. The Bertz CT molecular complexity index is 735. The molecule has 2 aromatic carbocycles. The molecule has 1 amide bonds. The van der Waals surface area contributed by atoms with E-state index in [9.17, 15) is 4.79 Å². The molecule has 26 heavy (non-hydrogen) atoms. The number of primary amides is 1. The lowest BCUT2D eigenvalue weighted by Gasteiger charge is -2.11. The second-order valence-corrected chi connectivity index (χ2v) is 6.00. The Labute approximate surface area is 176 Å². The molecule has 5 nitrogen and oxygen atoms in total. The highest BCUT2D eigenvalue weighted by atomic mass is 127. The Morgan fingerprint density at radius 2 is 1.85 bits per heavy atom. The van der Waals surface area contributed by atoms with Crippen molar-refractivity contribution in [2.75, 3.05) is 13.1 Å². The second kappa shape index (κ2) is 11.7. The SMILES string of the molecule is CCNC(=NCc1ccc(C(N)=O)cc1)NCCc1cccc(Cl)c1.I. The van der Waals surface area contributed by atoms with Gasteiger partial charge in [0.15, 0.2) is 5.96 Å². The number of aliphatic imine (C=N–C) groups is 1. The highest BCUT2D eigenvalue weighted by Gasteiger charge is 2.01. The molecule has 2 aromatic rings. The Kier molecular flexibility index (Phi) is 10.0. The van der Waals surface area contributed by atoms with Crippen molar-refractivity contribution in [3.05, 3.63) is 70.2 Å². The van der Waals surface area contributed by atoms with Gasteiger partial charge in [0.25, 0.3) is 0 Å². The van der Waals surface area contributed by atoms with Gasteiger partial charge in [-0.3, -0.25) is 4.79 Å². The van der Waals surface area contributed by atoms with Gasteiger partial charge in [-0.05, 0) is 48.7 Å². The van der Waals surface area contributed by atoms with Gasteiger partial charge in [-0.25, -0.2) is 4.99 Å². The average Bonchev–Trinajstić information content (AvgIpc) is 2.60. The van der Waals surface area contributed by atoms with Gasteiger partial charge in [0.2, 0.25) is 5.91 Å². The lowest BCUT2D eigenvalue weighted by atomic mass is 10.1. The Balaban J connectivity index is 0.00000338. The van der Waals surface area contributed by atoms with Crippen LogP contribution in [0.1, 0.15) is 28.4 Å². The zero-order valence-electron chi connectivity index (χ0n) is 14.7. The van der Waals surface area contributed by atoms with E-state index in [4.69, 9.17) is 17.3 Å². The first-order valence-electron chi connectivity index (χ1n) is 8.24. The zero-order valence-corrected chi connectivity index (χ0v) is 17.8. The molecular formula is C19H24ClIN4O. The number of carbonyl (C=O) groups is 1. The molecule has 0 bridgehead atoms. The van der Waals surface area contributed by atoms with Gasteiger partial charge in [-0.15, -0.1) is 24.0 Å². The third kappa shape index (κ3) is 7.61. The molecule has 0 unspecified atom stereocenters. The molecule has 0 saturated carbocycles. The summed E-state index contributed by atoms with van der Waals surface area (Å²) in [5.41, 5.74) is 7.93. The van der Waals surface area contributed by atoms with E-state index >= 15 is 0 Å². The van der Waals surface area contributed by atoms with E-state index in [-0.39, 0.29) is 24.0 Å². The molecule has 0 aliphatic rings. The maximum absolute atomic E-state index is 11.1. The molecule has 0 heterocycles. The third-order valence-corrected chi connectivity index (χ3v) is 3.83. The Morgan fingerprint density at radius 1 is 1.12 bits per heavy atom. The van der Waals surface area contributed by atoms with Crippen molar-refractivity contribution in [1.29, 1.82) is 0 Å². The van der Waals surface area contributed by atoms with Crippen LogP contribution < -0.4 is 16.4 Å². The molecule has 0 aliphatic heterocycles. The predicted molar refractivity (Wildman–Crippen MR) is 118 cm³/mol. The van der Waals surface area contributed by atoms with Crippen molar-refractivity contribution in [3.63, 3.8) is 0 Å². The van der Waals surface area contributed by atoms with Crippen LogP contribution in [0.15, 0.2) is 53.5 Å². The molecule has 0 spiro atoms. The molecule has 0 aliphatic carbocycles. The van der Waals surface area contributed by atoms with Gasteiger partial charge in [-0.1, -0.05) is 35.9 Å². The van der Waals surface area contributed by atoms with Crippen LogP contribution in [0.4, 0.5) is 0 Å². The minimum atomic E-state index is -0.425. The van der Waals surface area contributed by atoms with Crippen molar-refractivity contribution in [1.82, 2.24) is 10.6 Å². The van der Waals surface area contributed by atoms with Crippen molar-refractivity contribution >= 4 is 47.4 Å². The van der Waals surface area contributed by atoms with E-state index < -0.39 is 5.91 Å². The Morgan fingerprint density at radius 3 is 2.46 bits per heavy atom. The van der Waals surface area contributed by atoms with Gasteiger partial charge in [0.1, 0.15) is 0 Å². The fourth-order valence-corrected chi connectivity index (χ4v) is 2.52. The number of halogens is 2. The summed E-state index contributed by atoms with van der Waals surface area (Å²) in [5, 5.41) is 7.28. The van der Waals surface area contributed by atoms with Crippen molar-refractivity contribution in [2.24, 2.45) is 10.7 Å². The summed E-state index contributed by atoms with van der Waals surface area (Å²) in [6.45, 7) is 4.08. The van der Waals surface area contributed by atoms with Gasteiger partial charge in [0, 0.05) is 23.7 Å². The topological polar surface area (TPSA) is 79.5 Å². The molecule has 4 N–H and O–H groups in total. The number of carbonyl (C=O) groups excluding carboxylic acids is 1. The van der Waals surface area contributed by atoms with Crippen LogP contribution in [-0.2, 0) is 13.0 Å². The highest BCUT2D eigenvalue weighted by molar-refractivity contribution is 14.0. The molecule has 0 radical (unpaired) electrons. The fraction of sp³-hybridized carbons (Fsp3) is 0.263. The molecule has 140 valence electrons. The zero-order chi connectivity index (χ0) is 18.1. The number of nitrogens with zero attached hydrogens (tertiary/aromatic N) is 1. The van der Waals surface area contributed by atoms with Crippen molar-refractivity contribution in [3.8, 4) is 0 Å². The molecule has 0 saturated heterocycles. The van der Waals surface area contributed by atoms with Crippen LogP contribution in [-0.4, -0.2) is 25.0 Å². The van der Waals surface area contributed by atoms with Crippen molar-refractivity contribution < 1.29 is 4.79 Å². The summed E-state index contributed by atoms with van der Waals surface area (Å²) < 4.78 is 0. The number of benzene rings is 2. The van der Waals surface area contributed by atoms with Crippen molar-refractivity contribution in [2.45, 2.75) is 19.9 Å². The number of amides is 1. The predicted octanol–water partition coefficient (Wildman–Crippen LogP) is 3.35. The minimum absolute atomic E-state index is 0. The van der Waals surface area contributed by atoms with E-state index in [1.807, 2.05) is 37.3 Å². The Hall–Kier alpha value is -1.80. The van der Waals surface area contributed by atoms with Gasteiger partial charge >= 0.3 is 0 Å². The standard InChI is InChI=1S/C19H23ClN4O.HI/c1-2-22-19(23-11-10-14-4-3-5-17(20)12-14)24-13-15-6-8-16(9-7-15)18(21)25;/h3-9,12H,2,10-11,13H2,1H3,(H2,21,25)(H2,22,23,24);1H. The first-order chi connectivity index (χ1) is 12.1. The van der Waals surface area contributed by atoms with Gasteiger partial charge < -0.3 is 16.4 Å². The van der Waals surface area contributed by atoms with E-state index in [0.717, 1.165) is 36.1 Å². The van der Waals surface area contributed by atoms with E-state index in [0.29, 0.717) is 12.1 Å². The number of hydrogen-bond acceptors (Lipinski definition) is 2. The minimum Gasteiger partial charge on any atom is -0.366 e. The molecule has 0 aromatic heterocycles. The molecule has 7 heteroatoms. The third-order valence-electron chi connectivity index (χ3n) is 3.60. The van der Waals surface area contributed by atoms with E-state index in [1.54, 1.807) is 12.1 Å². The maximum atomic E-state index is 11.1. The van der Waals surface area contributed by atoms with Gasteiger partial charge in [-0.2, -0.15) is 0 Å².